The minimum absolute atomic E-state index is 0.125. The summed E-state index contributed by atoms with van der Waals surface area (Å²) in [7, 11) is 0. The van der Waals surface area contributed by atoms with E-state index in [9.17, 15) is 0 Å². The summed E-state index contributed by atoms with van der Waals surface area (Å²) in [6.07, 6.45) is 1.34. The van der Waals surface area contributed by atoms with E-state index in [2.05, 4.69) is 0 Å². The summed E-state index contributed by atoms with van der Waals surface area (Å²) in [5.74, 6) is 0. The normalized spacial score (nSPS) is 9.27. The lowest BCUT2D eigenvalue weighted by Gasteiger charge is -1.97. The first-order chi connectivity index (χ1) is 5.18. The van der Waals surface area contributed by atoms with Crippen molar-refractivity contribution in [3.63, 3.8) is 0 Å². The van der Waals surface area contributed by atoms with E-state index in [0.717, 1.165) is 12.8 Å². The molecule has 0 bridgehead atoms. The third-order valence-electron chi connectivity index (χ3n) is 0.916. The van der Waals surface area contributed by atoms with E-state index in [1.165, 1.54) is 0 Å². The van der Waals surface area contributed by atoms with Gasteiger partial charge in [-0.25, -0.2) is 0 Å². The maximum atomic E-state index is 8.24. The number of unbranched alkanes of at least 4 members (excludes halogenated alkanes) is 1. The summed E-state index contributed by atoms with van der Waals surface area (Å²) in [6.45, 7) is 1.77. The Morgan fingerprint density at radius 1 is 1.09 bits per heavy atom. The molecule has 0 aliphatic rings. The maximum Gasteiger partial charge on any atom is 0.151 e. The van der Waals surface area contributed by atoms with Crippen molar-refractivity contribution in [3.05, 3.63) is 0 Å². The molecule has 0 unspecified atom stereocenters. The fourth-order valence-electron chi connectivity index (χ4n) is 0.387. The fourth-order valence-corrected chi connectivity index (χ4v) is 0.387. The molecule has 0 saturated carbocycles. The quantitative estimate of drug-likeness (QED) is 0.423. The zero-order chi connectivity index (χ0) is 9.11. The molecule has 0 radical (unpaired) electrons. The molecule has 4 nitrogen and oxygen atoms in total. The van der Waals surface area contributed by atoms with Crippen molar-refractivity contribution < 1.29 is 20.4 Å². The summed E-state index contributed by atoms with van der Waals surface area (Å²) < 4.78 is 0. The summed E-state index contributed by atoms with van der Waals surface area (Å²) in [5.41, 5.74) is 0. The highest BCUT2D eigenvalue weighted by Gasteiger charge is 1.92. The molecule has 0 aliphatic heterocycles. The van der Waals surface area contributed by atoms with Crippen molar-refractivity contribution in [2.75, 3.05) is 13.2 Å². The molecule has 0 spiro atoms. The second kappa shape index (κ2) is 12.5. The molecule has 0 aromatic carbocycles. The van der Waals surface area contributed by atoms with Crippen molar-refractivity contribution in [3.8, 4) is 0 Å². The van der Waals surface area contributed by atoms with Gasteiger partial charge in [0.25, 0.3) is 0 Å². The Hall–Kier alpha value is -0.160. The first kappa shape index (κ1) is 13.4. The molecule has 0 heterocycles. The molecule has 4 heteroatoms. The van der Waals surface area contributed by atoms with Gasteiger partial charge in [-0.2, -0.15) is 0 Å². The van der Waals surface area contributed by atoms with Crippen molar-refractivity contribution in [1.82, 2.24) is 0 Å². The molecule has 0 saturated heterocycles. The first-order valence-electron chi connectivity index (χ1n) is 3.76. The van der Waals surface area contributed by atoms with Crippen LogP contribution >= 0.6 is 0 Å². The summed E-state index contributed by atoms with van der Waals surface area (Å²) in [6, 6.07) is 0. The lowest BCUT2D eigenvalue weighted by Crippen LogP contribution is -2.02. The lowest BCUT2D eigenvalue weighted by molar-refractivity contribution is -0.0463. The van der Waals surface area contributed by atoms with Crippen LogP contribution in [0.4, 0.5) is 0 Å². The second-order valence-corrected chi connectivity index (χ2v) is 2.07. The highest BCUT2D eigenvalue weighted by atomic mass is 16.5. The van der Waals surface area contributed by atoms with Crippen LogP contribution in [0.15, 0.2) is 0 Å². The Morgan fingerprint density at radius 2 is 1.55 bits per heavy atom. The number of hydrogen-bond acceptors (Lipinski definition) is 4. The Bertz CT molecular complexity index is 54.4. The Labute approximate surface area is 67.1 Å². The molecular weight excluding hydrogens is 148 g/mol. The Balaban J connectivity index is 0. The molecular formula is C7H18O4. The number of rotatable bonds is 4. The number of aliphatic hydroxyl groups excluding tert-OH is 3. The van der Waals surface area contributed by atoms with Crippen molar-refractivity contribution in [1.29, 1.82) is 0 Å². The topological polar surface area (TPSA) is 80.9 Å². The van der Waals surface area contributed by atoms with Gasteiger partial charge in [-0.05, 0) is 12.8 Å². The van der Waals surface area contributed by atoms with E-state index in [1.54, 1.807) is 0 Å². The third-order valence-corrected chi connectivity index (χ3v) is 0.916. The van der Waals surface area contributed by atoms with Gasteiger partial charge < -0.3 is 20.4 Å². The average molecular weight is 166 g/mol. The van der Waals surface area contributed by atoms with Gasteiger partial charge in [-0.15, -0.1) is 0 Å². The van der Waals surface area contributed by atoms with Crippen LogP contribution < -0.4 is 0 Å². The van der Waals surface area contributed by atoms with Crippen LogP contribution in [0.3, 0.4) is 0 Å². The molecule has 0 aromatic heterocycles. The maximum absolute atomic E-state index is 8.24. The zero-order valence-corrected chi connectivity index (χ0v) is 6.90. The first-order valence-corrected chi connectivity index (χ1v) is 3.76. The molecule has 4 N–H and O–H groups in total. The van der Waals surface area contributed by atoms with E-state index in [4.69, 9.17) is 20.4 Å². The van der Waals surface area contributed by atoms with Gasteiger partial charge in [0.1, 0.15) is 0 Å². The molecule has 0 aromatic rings. The van der Waals surface area contributed by atoms with Crippen LogP contribution in [0.25, 0.3) is 0 Å². The van der Waals surface area contributed by atoms with Crippen LogP contribution in [-0.4, -0.2) is 39.9 Å². The SMILES string of the molecule is CCCCC(O)O.OCCO. The number of hydrogen-bond donors (Lipinski definition) is 4. The predicted octanol–water partition coefficient (Wildman–Crippen LogP) is -0.542. The summed E-state index contributed by atoms with van der Waals surface area (Å²) in [5, 5.41) is 31.7. The zero-order valence-electron chi connectivity index (χ0n) is 6.90. The van der Waals surface area contributed by atoms with E-state index in [-0.39, 0.29) is 13.2 Å². The molecule has 11 heavy (non-hydrogen) atoms. The van der Waals surface area contributed by atoms with Crippen LogP contribution in [0.1, 0.15) is 26.2 Å². The van der Waals surface area contributed by atoms with Gasteiger partial charge in [-0.3, -0.25) is 0 Å². The van der Waals surface area contributed by atoms with Crippen LogP contribution in [0.2, 0.25) is 0 Å². The minimum atomic E-state index is -1.10. The fraction of sp³-hybridized carbons (Fsp3) is 1.00. The molecule has 0 aliphatic carbocycles. The largest absolute Gasteiger partial charge is 0.394 e. The van der Waals surface area contributed by atoms with Gasteiger partial charge in [0.15, 0.2) is 6.29 Å². The van der Waals surface area contributed by atoms with Gasteiger partial charge in [0.2, 0.25) is 0 Å². The molecule has 0 fully saturated rings. The Morgan fingerprint density at radius 3 is 1.64 bits per heavy atom. The highest BCUT2D eigenvalue weighted by molar-refractivity contribution is 4.36. The smallest absolute Gasteiger partial charge is 0.151 e. The standard InChI is InChI=1S/C5H12O2.C2H6O2/c1-2-3-4-5(6)7;3-1-2-4/h5-7H,2-4H2,1H3;3-4H,1-2H2. The van der Waals surface area contributed by atoms with E-state index in [0.29, 0.717) is 6.42 Å². The van der Waals surface area contributed by atoms with E-state index < -0.39 is 6.29 Å². The lowest BCUT2D eigenvalue weighted by atomic mass is 10.2. The summed E-state index contributed by atoms with van der Waals surface area (Å²) >= 11 is 0. The molecule has 0 amide bonds. The molecule has 0 atom stereocenters. The van der Waals surface area contributed by atoms with Gasteiger partial charge in [0, 0.05) is 0 Å². The van der Waals surface area contributed by atoms with Crippen molar-refractivity contribution in [2.45, 2.75) is 32.5 Å². The van der Waals surface area contributed by atoms with E-state index >= 15 is 0 Å². The van der Waals surface area contributed by atoms with Gasteiger partial charge in [0.05, 0.1) is 13.2 Å². The minimum Gasteiger partial charge on any atom is -0.394 e. The summed E-state index contributed by atoms with van der Waals surface area (Å²) in [4.78, 5) is 0. The average Bonchev–Trinajstić information content (AvgIpc) is 2.01. The van der Waals surface area contributed by atoms with Gasteiger partial charge >= 0.3 is 0 Å². The highest BCUT2D eigenvalue weighted by Crippen LogP contribution is 1.95. The second-order valence-electron chi connectivity index (χ2n) is 2.07. The van der Waals surface area contributed by atoms with Crippen LogP contribution in [0, 0.1) is 0 Å². The van der Waals surface area contributed by atoms with E-state index in [1.807, 2.05) is 6.92 Å². The predicted molar refractivity (Wildman–Crippen MR) is 41.9 cm³/mol. The number of aliphatic hydroxyl groups is 4. The van der Waals surface area contributed by atoms with Crippen LogP contribution in [0.5, 0.6) is 0 Å². The van der Waals surface area contributed by atoms with Crippen molar-refractivity contribution >= 4 is 0 Å². The Kier molecular flexibility index (Phi) is 15.3. The van der Waals surface area contributed by atoms with Gasteiger partial charge in [-0.1, -0.05) is 13.3 Å². The molecule has 70 valence electrons. The van der Waals surface area contributed by atoms with Crippen molar-refractivity contribution in [2.24, 2.45) is 0 Å². The third kappa shape index (κ3) is 25.8. The van der Waals surface area contributed by atoms with Crippen LogP contribution in [-0.2, 0) is 0 Å². The molecule has 0 rings (SSSR count). The monoisotopic (exact) mass is 166 g/mol.